The molecule has 3 aromatic rings. The van der Waals surface area contributed by atoms with Gasteiger partial charge in [0.15, 0.2) is 6.61 Å². The molecular formula is C21H19Cl2N3O3. The Hall–Kier alpha value is -2.83. The van der Waals surface area contributed by atoms with Crippen LogP contribution in [0, 0.1) is 6.92 Å². The molecule has 0 aliphatic rings. The molecule has 1 N–H and O–H groups in total. The van der Waals surface area contributed by atoms with Crippen LogP contribution < -0.4 is 14.8 Å². The Bertz CT molecular complexity index is 964. The summed E-state index contributed by atoms with van der Waals surface area (Å²) in [6.07, 6.45) is 0. The number of aryl methyl sites for hydroxylation is 1. The normalized spacial score (nSPS) is 10.4. The molecule has 0 aliphatic heterocycles. The van der Waals surface area contributed by atoms with E-state index >= 15 is 0 Å². The van der Waals surface area contributed by atoms with E-state index in [4.69, 9.17) is 32.7 Å². The van der Waals surface area contributed by atoms with Crippen LogP contribution in [0.15, 0.2) is 54.6 Å². The van der Waals surface area contributed by atoms with Crippen LogP contribution in [-0.2, 0) is 4.79 Å². The lowest BCUT2D eigenvalue weighted by Gasteiger charge is -2.10. The lowest BCUT2D eigenvalue weighted by Crippen LogP contribution is -2.32. The van der Waals surface area contributed by atoms with Crippen molar-refractivity contribution < 1.29 is 14.3 Å². The molecule has 1 heterocycles. The molecule has 2 aromatic carbocycles. The molecule has 0 saturated heterocycles. The molecule has 0 atom stereocenters. The minimum atomic E-state index is -0.301. The Balaban J connectivity index is 1.39. The molecule has 0 aliphatic carbocycles. The van der Waals surface area contributed by atoms with E-state index in [1.807, 2.05) is 37.3 Å². The van der Waals surface area contributed by atoms with Crippen molar-refractivity contribution in [1.29, 1.82) is 0 Å². The highest BCUT2D eigenvalue weighted by Gasteiger charge is 2.08. The van der Waals surface area contributed by atoms with Gasteiger partial charge in [0, 0.05) is 11.6 Å². The maximum Gasteiger partial charge on any atom is 0.258 e. The average Bonchev–Trinajstić information content (AvgIpc) is 2.73. The zero-order valence-electron chi connectivity index (χ0n) is 15.7. The van der Waals surface area contributed by atoms with Crippen molar-refractivity contribution in [3.8, 4) is 22.9 Å². The van der Waals surface area contributed by atoms with Gasteiger partial charge in [-0.25, -0.2) is 0 Å². The molecular weight excluding hydrogens is 413 g/mol. The fourth-order valence-corrected chi connectivity index (χ4v) is 2.76. The SMILES string of the molecule is Cc1ccc(-c2ccc(OCCNC(=O)COc3cccc(Cl)c3Cl)nn2)cc1. The number of aromatic nitrogens is 2. The molecule has 0 bridgehead atoms. The highest BCUT2D eigenvalue weighted by molar-refractivity contribution is 6.42. The molecule has 3 rings (SSSR count). The molecule has 29 heavy (non-hydrogen) atoms. The van der Waals surface area contributed by atoms with Gasteiger partial charge >= 0.3 is 0 Å². The Labute approximate surface area is 178 Å². The Morgan fingerprint density at radius 3 is 2.52 bits per heavy atom. The summed E-state index contributed by atoms with van der Waals surface area (Å²) in [7, 11) is 0. The summed E-state index contributed by atoms with van der Waals surface area (Å²) in [6.45, 7) is 2.41. The van der Waals surface area contributed by atoms with Crippen molar-refractivity contribution >= 4 is 29.1 Å². The summed E-state index contributed by atoms with van der Waals surface area (Å²) < 4.78 is 10.9. The third kappa shape index (κ3) is 6.07. The van der Waals surface area contributed by atoms with Gasteiger partial charge in [-0.1, -0.05) is 59.1 Å². The third-order valence-electron chi connectivity index (χ3n) is 3.94. The van der Waals surface area contributed by atoms with Crippen molar-refractivity contribution in [2.45, 2.75) is 6.92 Å². The fraction of sp³-hybridized carbons (Fsp3) is 0.190. The van der Waals surface area contributed by atoms with E-state index in [9.17, 15) is 4.79 Å². The van der Waals surface area contributed by atoms with E-state index in [0.717, 1.165) is 11.3 Å². The van der Waals surface area contributed by atoms with Crippen LogP contribution in [0.2, 0.25) is 10.0 Å². The largest absolute Gasteiger partial charge is 0.482 e. The van der Waals surface area contributed by atoms with Gasteiger partial charge in [-0.2, -0.15) is 0 Å². The zero-order valence-corrected chi connectivity index (χ0v) is 17.2. The topological polar surface area (TPSA) is 73.3 Å². The second kappa shape index (κ2) is 10.1. The van der Waals surface area contributed by atoms with Crippen LogP contribution in [0.1, 0.15) is 5.56 Å². The molecule has 0 spiro atoms. The summed E-state index contributed by atoms with van der Waals surface area (Å²) in [5, 5.41) is 11.5. The molecule has 0 unspecified atom stereocenters. The van der Waals surface area contributed by atoms with Crippen LogP contribution in [0.3, 0.4) is 0 Å². The lowest BCUT2D eigenvalue weighted by atomic mass is 10.1. The molecule has 8 heteroatoms. The quantitative estimate of drug-likeness (QED) is 0.537. The maximum atomic E-state index is 11.9. The first kappa shape index (κ1) is 20.9. The van der Waals surface area contributed by atoms with Crippen molar-refractivity contribution in [3.05, 3.63) is 70.2 Å². The molecule has 0 fully saturated rings. The van der Waals surface area contributed by atoms with Gasteiger partial charge < -0.3 is 14.8 Å². The summed E-state index contributed by atoms with van der Waals surface area (Å²) in [5.74, 6) is 0.442. The number of rotatable bonds is 8. The van der Waals surface area contributed by atoms with Gasteiger partial charge in [-0.05, 0) is 25.1 Å². The number of carbonyl (C=O) groups is 1. The molecule has 1 aromatic heterocycles. The summed E-state index contributed by atoms with van der Waals surface area (Å²) in [5.41, 5.74) is 2.94. The van der Waals surface area contributed by atoms with Crippen molar-refractivity contribution in [3.63, 3.8) is 0 Å². The van der Waals surface area contributed by atoms with Crippen LogP contribution in [-0.4, -0.2) is 35.9 Å². The average molecular weight is 432 g/mol. The van der Waals surface area contributed by atoms with Gasteiger partial charge in [0.1, 0.15) is 17.4 Å². The van der Waals surface area contributed by atoms with Crippen molar-refractivity contribution in [2.75, 3.05) is 19.8 Å². The monoisotopic (exact) mass is 431 g/mol. The van der Waals surface area contributed by atoms with Crippen LogP contribution >= 0.6 is 23.2 Å². The first-order valence-electron chi connectivity index (χ1n) is 8.90. The molecule has 150 valence electrons. The number of carbonyl (C=O) groups excluding carboxylic acids is 1. The summed E-state index contributed by atoms with van der Waals surface area (Å²) in [4.78, 5) is 11.9. The number of hydrogen-bond donors (Lipinski definition) is 1. The Kier molecular flexibility index (Phi) is 7.27. The molecule has 6 nitrogen and oxygen atoms in total. The minimum Gasteiger partial charge on any atom is -0.482 e. The lowest BCUT2D eigenvalue weighted by molar-refractivity contribution is -0.123. The standard InChI is InChI=1S/C21H19Cl2N3O3/c1-14-5-7-15(8-6-14)17-9-10-20(26-25-17)28-12-11-24-19(27)13-29-18-4-2-3-16(22)21(18)23/h2-10H,11-13H2,1H3,(H,24,27). The number of hydrogen-bond acceptors (Lipinski definition) is 5. The highest BCUT2D eigenvalue weighted by Crippen LogP contribution is 2.31. The van der Waals surface area contributed by atoms with Gasteiger partial charge in [0.25, 0.3) is 5.91 Å². The molecule has 0 saturated carbocycles. The predicted octanol–water partition coefficient (Wildman–Crippen LogP) is 4.33. The first-order chi connectivity index (χ1) is 14.0. The molecule has 1 amide bonds. The number of nitrogens with zero attached hydrogens (tertiary/aromatic N) is 2. The number of ether oxygens (including phenoxy) is 2. The Morgan fingerprint density at radius 2 is 1.79 bits per heavy atom. The van der Waals surface area contributed by atoms with E-state index < -0.39 is 0 Å². The number of halogens is 2. The van der Waals surface area contributed by atoms with Crippen LogP contribution in [0.4, 0.5) is 0 Å². The predicted molar refractivity (Wildman–Crippen MR) is 113 cm³/mol. The highest BCUT2D eigenvalue weighted by atomic mass is 35.5. The second-order valence-corrected chi connectivity index (χ2v) is 6.95. The van der Waals surface area contributed by atoms with Crippen molar-refractivity contribution in [2.24, 2.45) is 0 Å². The third-order valence-corrected chi connectivity index (χ3v) is 4.74. The van der Waals surface area contributed by atoms with Gasteiger partial charge in [0.05, 0.1) is 17.3 Å². The fourth-order valence-electron chi connectivity index (χ4n) is 2.41. The Morgan fingerprint density at radius 1 is 1.00 bits per heavy atom. The number of amides is 1. The summed E-state index contributed by atoms with van der Waals surface area (Å²) >= 11 is 11.9. The van der Waals surface area contributed by atoms with Crippen LogP contribution in [0.25, 0.3) is 11.3 Å². The van der Waals surface area contributed by atoms with E-state index in [0.29, 0.717) is 23.2 Å². The number of nitrogens with one attached hydrogen (secondary N) is 1. The van der Waals surface area contributed by atoms with E-state index in [1.165, 1.54) is 5.56 Å². The van der Waals surface area contributed by atoms with Gasteiger partial charge in [0.2, 0.25) is 5.88 Å². The second-order valence-electron chi connectivity index (χ2n) is 6.16. The number of benzene rings is 2. The van der Waals surface area contributed by atoms with E-state index in [2.05, 4.69) is 15.5 Å². The zero-order chi connectivity index (χ0) is 20.6. The van der Waals surface area contributed by atoms with Gasteiger partial charge in [-0.3, -0.25) is 4.79 Å². The van der Waals surface area contributed by atoms with Gasteiger partial charge in [-0.15, -0.1) is 10.2 Å². The molecule has 0 radical (unpaired) electrons. The van der Waals surface area contributed by atoms with Crippen LogP contribution in [0.5, 0.6) is 11.6 Å². The van der Waals surface area contributed by atoms with E-state index in [1.54, 1.807) is 24.3 Å². The van der Waals surface area contributed by atoms with Crippen molar-refractivity contribution in [1.82, 2.24) is 15.5 Å². The minimum absolute atomic E-state index is 0.175. The maximum absolute atomic E-state index is 11.9. The summed E-state index contributed by atoms with van der Waals surface area (Å²) in [6, 6.07) is 16.6. The first-order valence-corrected chi connectivity index (χ1v) is 9.65. The van der Waals surface area contributed by atoms with E-state index in [-0.39, 0.29) is 24.1 Å². The smallest absolute Gasteiger partial charge is 0.258 e.